The normalized spacial score (nSPS) is 20.6. The van der Waals surface area contributed by atoms with Gasteiger partial charge in [-0.25, -0.2) is 9.37 Å². The van der Waals surface area contributed by atoms with Crippen LogP contribution in [0.25, 0.3) is 5.69 Å². The second kappa shape index (κ2) is 7.57. The zero-order valence-electron chi connectivity index (χ0n) is 16.7. The van der Waals surface area contributed by atoms with E-state index >= 15 is 0 Å². The van der Waals surface area contributed by atoms with Crippen molar-refractivity contribution < 1.29 is 22.4 Å². The molecule has 0 unspecified atom stereocenters. The summed E-state index contributed by atoms with van der Waals surface area (Å²) in [6, 6.07) is 7.80. The standard InChI is InChI=1S/C21H18F4N6O/c22-15-4-1-3-14(19(15)31-26-8-9-27-31)20(32)30-11-13-7-10-29(12-16(13)30)18-6-2-5-17(28-18)21(23,24)25/h1-6,8-9,13,16H,7,10-12H2/t13-,16-/m1/s1. The van der Waals surface area contributed by atoms with E-state index in [9.17, 15) is 22.4 Å². The second-order valence-electron chi connectivity index (χ2n) is 7.85. The zero-order valence-corrected chi connectivity index (χ0v) is 16.7. The predicted molar refractivity (Wildman–Crippen MR) is 106 cm³/mol. The number of aromatic nitrogens is 4. The molecular weight excluding hydrogens is 428 g/mol. The molecule has 166 valence electrons. The number of alkyl halides is 3. The fourth-order valence-electron chi connectivity index (χ4n) is 4.37. The summed E-state index contributed by atoms with van der Waals surface area (Å²) in [5.41, 5.74) is -0.845. The number of carbonyl (C=O) groups is 1. The number of para-hydroxylation sites is 1. The predicted octanol–water partition coefficient (Wildman–Crippen LogP) is 3.17. The average molecular weight is 446 g/mol. The molecule has 7 nitrogen and oxygen atoms in total. The van der Waals surface area contributed by atoms with Gasteiger partial charge >= 0.3 is 6.18 Å². The van der Waals surface area contributed by atoms with Crippen LogP contribution in [0.2, 0.25) is 0 Å². The highest BCUT2D eigenvalue weighted by atomic mass is 19.4. The Morgan fingerprint density at radius 2 is 1.78 bits per heavy atom. The number of amides is 1. The molecule has 11 heteroatoms. The molecule has 0 bridgehead atoms. The molecule has 1 aromatic carbocycles. The largest absolute Gasteiger partial charge is 0.433 e. The molecule has 2 saturated heterocycles. The smallest absolute Gasteiger partial charge is 0.355 e. The molecule has 2 aliphatic rings. The highest BCUT2D eigenvalue weighted by Gasteiger charge is 2.46. The third-order valence-electron chi connectivity index (χ3n) is 6.00. The monoisotopic (exact) mass is 446 g/mol. The van der Waals surface area contributed by atoms with Gasteiger partial charge in [0, 0.05) is 25.6 Å². The Bertz CT molecular complexity index is 1150. The number of hydrogen-bond acceptors (Lipinski definition) is 5. The first-order chi connectivity index (χ1) is 15.3. The minimum atomic E-state index is -4.53. The number of nitrogens with zero attached hydrogens (tertiary/aromatic N) is 6. The number of pyridine rings is 1. The average Bonchev–Trinajstić information content (AvgIpc) is 3.28. The molecular formula is C21H18F4N6O. The maximum absolute atomic E-state index is 14.5. The van der Waals surface area contributed by atoms with Crippen LogP contribution in [0.1, 0.15) is 22.5 Å². The van der Waals surface area contributed by atoms with Crippen molar-refractivity contribution in [2.24, 2.45) is 5.92 Å². The van der Waals surface area contributed by atoms with Gasteiger partial charge in [-0.2, -0.15) is 23.4 Å². The van der Waals surface area contributed by atoms with E-state index in [4.69, 9.17) is 0 Å². The van der Waals surface area contributed by atoms with Crippen LogP contribution < -0.4 is 4.90 Å². The van der Waals surface area contributed by atoms with Crippen LogP contribution in [-0.2, 0) is 6.18 Å². The first kappa shape index (κ1) is 20.4. The summed E-state index contributed by atoms with van der Waals surface area (Å²) in [4.78, 5) is 21.5. The maximum Gasteiger partial charge on any atom is 0.433 e. The third-order valence-corrected chi connectivity index (χ3v) is 6.00. The minimum Gasteiger partial charge on any atom is -0.355 e. The van der Waals surface area contributed by atoms with Gasteiger partial charge in [0.05, 0.1) is 24.0 Å². The number of fused-ring (bicyclic) bond motifs is 1. The lowest BCUT2D eigenvalue weighted by Crippen LogP contribution is -2.66. The Morgan fingerprint density at radius 3 is 2.53 bits per heavy atom. The van der Waals surface area contributed by atoms with Crippen LogP contribution in [0.4, 0.5) is 23.4 Å². The number of hydrogen-bond donors (Lipinski definition) is 0. The Morgan fingerprint density at radius 1 is 1.03 bits per heavy atom. The molecule has 2 fully saturated rings. The van der Waals surface area contributed by atoms with Crippen molar-refractivity contribution in [1.82, 2.24) is 24.9 Å². The summed E-state index contributed by atoms with van der Waals surface area (Å²) < 4.78 is 53.7. The van der Waals surface area contributed by atoms with Gasteiger partial charge in [0.1, 0.15) is 17.2 Å². The quantitative estimate of drug-likeness (QED) is 0.579. The number of piperidine rings is 1. The summed E-state index contributed by atoms with van der Waals surface area (Å²) >= 11 is 0. The SMILES string of the molecule is O=C(c1cccc(F)c1-n1nccn1)N1C[C@H]2CCN(c3cccc(C(F)(F)F)n3)C[C@H]21. The van der Waals surface area contributed by atoms with Gasteiger partial charge in [-0.05, 0) is 30.7 Å². The van der Waals surface area contributed by atoms with E-state index < -0.39 is 17.7 Å². The van der Waals surface area contributed by atoms with Crippen molar-refractivity contribution in [2.75, 3.05) is 24.5 Å². The van der Waals surface area contributed by atoms with E-state index in [2.05, 4.69) is 15.2 Å². The first-order valence-corrected chi connectivity index (χ1v) is 10.1. The van der Waals surface area contributed by atoms with Crippen molar-refractivity contribution >= 4 is 11.7 Å². The fraction of sp³-hybridized carbons (Fsp3) is 0.333. The zero-order chi connectivity index (χ0) is 22.5. The fourth-order valence-corrected chi connectivity index (χ4v) is 4.37. The number of halogens is 4. The van der Waals surface area contributed by atoms with E-state index in [1.165, 1.54) is 42.7 Å². The van der Waals surface area contributed by atoms with Crippen LogP contribution in [0, 0.1) is 11.7 Å². The highest BCUT2D eigenvalue weighted by Crippen LogP contribution is 2.36. The number of likely N-dealkylation sites (tertiary alicyclic amines) is 1. The topological polar surface area (TPSA) is 67.2 Å². The van der Waals surface area contributed by atoms with E-state index in [-0.39, 0.29) is 34.9 Å². The lowest BCUT2D eigenvalue weighted by Gasteiger charge is -2.53. The molecule has 2 atom stereocenters. The Balaban J connectivity index is 1.39. The number of benzene rings is 1. The van der Waals surface area contributed by atoms with Crippen molar-refractivity contribution in [1.29, 1.82) is 0 Å². The lowest BCUT2D eigenvalue weighted by atomic mass is 9.81. The number of rotatable bonds is 3. The Hall–Kier alpha value is -3.50. The maximum atomic E-state index is 14.5. The lowest BCUT2D eigenvalue weighted by molar-refractivity contribution is -0.141. The van der Waals surface area contributed by atoms with Crippen LogP contribution in [-0.4, -0.2) is 56.5 Å². The molecule has 32 heavy (non-hydrogen) atoms. The van der Waals surface area contributed by atoms with Crippen LogP contribution in [0.5, 0.6) is 0 Å². The molecule has 0 aliphatic carbocycles. The Labute approximate surface area is 180 Å². The summed E-state index contributed by atoms with van der Waals surface area (Å²) in [7, 11) is 0. The van der Waals surface area contributed by atoms with Crippen molar-refractivity contribution in [3.63, 3.8) is 0 Å². The van der Waals surface area contributed by atoms with Crippen LogP contribution >= 0.6 is 0 Å². The summed E-state index contributed by atoms with van der Waals surface area (Å²) in [5, 5.41) is 7.88. The van der Waals surface area contributed by atoms with Crippen molar-refractivity contribution in [3.8, 4) is 5.69 Å². The summed E-state index contributed by atoms with van der Waals surface area (Å²) in [5.74, 6) is -0.523. The van der Waals surface area contributed by atoms with Gasteiger partial charge in [0.15, 0.2) is 5.82 Å². The number of carbonyl (C=O) groups excluding carboxylic acids is 1. The van der Waals surface area contributed by atoms with Crippen molar-refractivity contribution in [3.05, 3.63) is 65.9 Å². The van der Waals surface area contributed by atoms with Gasteiger partial charge in [0.25, 0.3) is 5.91 Å². The molecule has 0 N–H and O–H groups in total. The summed E-state index contributed by atoms with van der Waals surface area (Å²) in [6.45, 7) is 1.42. The first-order valence-electron chi connectivity index (χ1n) is 10.1. The molecule has 4 heterocycles. The van der Waals surface area contributed by atoms with Crippen molar-refractivity contribution in [2.45, 2.75) is 18.6 Å². The minimum absolute atomic E-state index is 0.0295. The van der Waals surface area contributed by atoms with Crippen LogP contribution in [0.3, 0.4) is 0 Å². The van der Waals surface area contributed by atoms with Gasteiger partial charge < -0.3 is 9.80 Å². The van der Waals surface area contributed by atoms with Gasteiger partial charge in [0.2, 0.25) is 0 Å². The second-order valence-corrected chi connectivity index (χ2v) is 7.85. The Kier molecular flexibility index (Phi) is 4.83. The van der Waals surface area contributed by atoms with E-state index in [0.717, 1.165) is 17.3 Å². The van der Waals surface area contributed by atoms with E-state index in [1.54, 1.807) is 9.80 Å². The van der Waals surface area contributed by atoms with Crippen LogP contribution in [0.15, 0.2) is 48.8 Å². The molecule has 0 spiro atoms. The number of anilines is 1. The van der Waals surface area contributed by atoms with Gasteiger partial charge in [-0.3, -0.25) is 4.79 Å². The van der Waals surface area contributed by atoms with E-state index in [0.29, 0.717) is 19.6 Å². The molecule has 0 saturated carbocycles. The van der Waals surface area contributed by atoms with Gasteiger partial charge in [-0.15, -0.1) is 4.80 Å². The molecule has 2 aromatic heterocycles. The highest BCUT2D eigenvalue weighted by molar-refractivity contribution is 5.98. The van der Waals surface area contributed by atoms with Gasteiger partial charge in [-0.1, -0.05) is 12.1 Å². The molecule has 0 radical (unpaired) electrons. The molecule has 3 aromatic rings. The van der Waals surface area contributed by atoms with E-state index in [1.807, 2.05) is 0 Å². The molecule has 1 amide bonds. The molecule has 5 rings (SSSR count). The molecule has 2 aliphatic heterocycles. The summed E-state index contributed by atoms with van der Waals surface area (Å²) in [6.07, 6.45) is -1.02. The third kappa shape index (κ3) is 3.47.